The van der Waals surface area contributed by atoms with Gasteiger partial charge in [-0.3, -0.25) is 14.7 Å². The Balaban J connectivity index is 1.74. The number of H-pyrrole nitrogens is 1. The summed E-state index contributed by atoms with van der Waals surface area (Å²) in [5, 5.41) is 9.58. The van der Waals surface area contributed by atoms with Crippen molar-refractivity contribution in [3.63, 3.8) is 0 Å². The van der Waals surface area contributed by atoms with Crippen LogP contribution in [0.15, 0.2) is 12.3 Å². The highest BCUT2D eigenvalue weighted by Crippen LogP contribution is 2.26. The van der Waals surface area contributed by atoms with E-state index in [1.165, 1.54) is 0 Å². The number of carbonyl (C=O) groups excluding carboxylic acids is 2. The van der Waals surface area contributed by atoms with Crippen LogP contribution < -0.4 is 11.1 Å². The molecule has 122 valence electrons. The smallest absolute Gasteiger partial charge is 0.241 e. The summed E-state index contributed by atoms with van der Waals surface area (Å²) in [5.41, 5.74) is 6.88. The van der Waals surface area contributed by atoms with Gasteiger partial charge in [0.1, 0.15) is 0 Å². The number of nitrogens with two attached hydrogens (primary N) is 1. The van der Waals surface area contributed by atoms with E-state index in [2.05, 4.69) is 15.5 Å². The van der Waals surface area contributed by atoms with Crippen molar-refractivity contribution in [2.45, 2.75) is 38.6 Å². The van der Waals surface area contributed by atoms with E-state index < -0.39 is 6.04 Å². The first-order chi connectivity index (χ1) is 10.5. The van der Waals surface area contributed by atoms with Gasteiger partial charge in [0.2, 0.25) is 11.8 Å². The Hall–Kier alpha value is -1.89. The minimum Gasteiger partial charge on any atom is -0.346 e. The minimum absolute atomic E-state index is 0.0218. The molecule has 0 unspecified atom stereocenters. The Morgan fingerprint density at radius 3 is 2.68 bits per heavy atom. The first-order valence-electron chi connectivity index (χ1n) is 7.79. The Morgan fingerprint density at radius 1 is 1.45 bits per heavy atom. The lowest BCUT2D eigenvalue weighted by Gasteiger charge is -2.31. The van der Waals surface area contributed by atoms with Crippen molar-refractivity contribution in [2.75, 3.05) is 19.6 Å². The maximum absolute atomic E-state index is 12.1. The number of carbonyl (C=O) groups is 2. The molecule has 2 amide bonds. The number of nitrogens with one attached hydrogen (secondary N) is 2. The fourth-order valence-corrected chi connectivity index (χ4v) is 2.63. The van der Waals surface area contributed by atoms with Gasteiger partial charge >= 0.3 is 0 Å². The lowest BCUT2D eigenvalue weighted by molar-refractivity contribution is -0.134. The van der Waals surface area contributed by atoms with E-state index in [0.29, 0.717) is 19.0 Å². The number of amides is 2. The van der Waals surface area contributed by atoms with Gasteiger partial charge in [-0.2, -0.15) is 5.10 Å². The van der Waals surface area contributed by atoms with Crippen LogP contribution in [-0.4, -0.2) is 52.6 Å². The average Bonchev–Trinajstić information content (AvgIpc) is 3.06. The van der Waals surface area contributed by atoms with Crippen LogP contribution in [0.2, 0.25) is 0 Å². The highest BCUT2D eigenvalue weighted by Gasteiger charge is 2.25. The van der Waals surface area contributed by atoms with Gasteiger partial charge in [0.25, 0.3) is 0 Å². The van der Waals surface area contributed by atoms with Crippen LogP contribution in [0.4, 0.5) is 0 Å². The van der Waals surface area contributed by atoms with Gasteiger partial charge < -0.3 is 16.0 Å². The summed E-state index contributed by atoms with van der Waals surface area (Å²) in [6.07, 6.45) is 3.57. The molecule has 0 spiro atoms. The van der Waals surface area contributed by atoms with Crippen LogP contribution in [0, 0.1) is 5.92 Å². The van der Waals surface area contributed by atoms with Crippen LogP contribution in [0.5, 0.6) is 0 Å². The molecule has 1 fully saturated rings. The SMILES string of the molecule is CC(C)[C@H](N)C(=O)NCC(=O)N1CCC(c2ccn[nH]2)CC1. The predicted octanol–water partition coefficient (Wildman–Crippen LogP) is 0.215. The third-order valence-electron chi connectivity index (χ3n) is 4.24. The summed E-state index contributed by atoms with van der Waals surface area (Å²) in [6, 6.07) is 1.41. The van der Waals surface area contributed by atoms with Crippen LogP contribution in [-0.2, 0) is 9.59 Å². The molecule has 1 aliphatic rings. The lowest BCUT2D eigenvalue weighted by atomic mass is 9.93. The molecule has 1 atom stereocenters. The maximum atomic E-state index is 12.1. The fourth-order valence-electron chi connectivity index (χ4n) is 2.63. The van der Waals surface area contributed by atoms with Crippen LogP contribution in [0.1, 0.15) is 38.3 Å². The Bertz CT molecular complexity index is 492. The molecule has 1 aromatic heterocycles. The highest BCUT2D eigenvalue weighted by molar-refractivity contribution is 5.87. The van der Waals surface area contributed by atoms with E-state index in [0.717, 1.165) is 18.5 Å². The van der Waals surface area contributed by atoms with Gasteiger partial charge in [0.15, 0.2) is 0 Å². The summed E-state index contributed by atoms with van der Waals surface area (Å²) in [6.45, 7) is 5.19. The topological polar surface area (TPSA) is 104 Å². The Labute approximate surface area is 130 Å². The number of hydrogen-bond donors (Lipinski definition) is 3. The van der Waals surface area contributed by atoms with Crippen LogP contribution in [0.25, 0.3) is 0 Å². The second kappa shape index (κ2) is 7.40. The van der Waals surface area contributed by atoms with Gasteiger partial charge in [0.05, 0.1) is 12.6 Å². The average molecular weight is 307 g/mol. The molecule has 0 bridgehead atoms. The third-order valence-corrected chi connectivity index (χ3v) is 4.24. The van der Waals surface area contributed by atoms with Crippen LogP contribution >= 0.6 is 0 Å². The molecule has 2 heterocycles. The van der Waals surface area contributed by atoms with E-state index in [9.17, 15) is 9.59 Å². The molecule has 7 nitrogen and oxygen atoms in total. The number of piperidine rings is 1. The highest BCUT2D eigenvalue weighted by atomic mass is 16.2. The monoisotopic (exact) mass is 307 g/mol. The van der Waals surface area contributed by atoms with Crippen molar-refractivity contribution in [3.05, 3.63) is 18.0 Å². The van der Waals surface area contributed by atoms with Crippen molar-refractivity contribution in [2.24, 2.45) is 11.7 Å². The summed E-state index contributed by atoms with van der Waals surface area (Å²) in [7, 11) is 0. The summed E-state index contributed by atoms with van der Waals surface area (Å²) < 4.78 is 0. The Kier molecular flexibility index (Phi) is 5.54. The molecule has 7 heteroatoms. The molecule has 1 aliphatic heterocycles. The van der Waals surface area contributed by atoms with Gasteiger partial charge in [-0.25, -0.2) is 0 Å². The number of likely N-dealkylation sites (tertiary alicyclic amines) is 1. The molecule has 2 rings (SSSR count). The lowest BCUT2D eigenvalue weighted by Crippen LogP contribution is -2.49. The van der Waals surface area contributed by atoms with Gasteiger partial charge in [0, 0.05) is 30.9 Å². The van der Waals surface area contributed by atoms with E-state index in [1.807, 2.05) is 19.9 Å². The second-order valence-electron chi connectivity index (χ2n) is 6.15. The number of aromatic amines is 1. The van der Waals surface area contributed by atoms with Gasteiger partial charge in [-0.15, -0.1) is 0 Å². The first-order valence-corrected chi connectivity index (χ1v) is 7.79. The molecule has 0 aliphatic carbocycles. The molecule has 1 saturated heterocycles. The molecular weight excluding hydrogens is 282 g/mol. The summed E-state index contributed by atoms with van der Waals surface area (Å²) in [4.78, 5) is 25.7. The standard InChI is InChI=1S/C15H25N5O2/c1-10(2)14(16)15(22)17-9-13(21)20-7-4-11(5-8-20)12-3-6-18-19-12/h3,6,10-11,14H,4-5,7-9,16H2,1-2H3,(H,17,22)(H,18,19)/t14-/m0/s1. The molecule has 1 aromatic rings. The largest absolute Gasteiger partial charge is 0.346 e. The predicted molar refractivity (Wildman–Crippen MR) is 83.0 cm³/mol. The summed E-state index contributed by atoms with van der Waals surface area (Å²) in [5.74, 6) is 0.166. The summed E-state index contributed by atoms with van der Waals surface area (Å²) >= 11 is 0. The van der Waals surface area contributed by atoms with Gasteiger partial charge in [-0.05, 0) is 24.8 Å². The van der Waals surface area contributed by atoms with Crippen molar-refractivity contribution >= 4 is 11.8 Å². The van der Waals surface area contributed by atoms with Crippen molar-refractivity contribution in [3.8, 4) is 0 Å². The number of rotatable bonds is 5. The Morgan fingerprint density at radius 2 is 2.14 bits per heavy atom. The van der Waals surface area contributed by atoms with Crippen molar-refractivity contribution in [1.29, 1.82) is 0 Å². The zero-order chi connectivity index (χ0) is 16.1. The van der Waals surface area contributed by atoms with Gasteiger partial charge in [-0.1, -0.05) is 13.8 Å². The maximum Gasteiger partial charge on any atom is 0.241 e. The van der Waals surface area contributed by atoms with Crippen molar-refractivity contribution in [1.82, 2.24) is 20.4 Å². The van der Waals surface area contributed by atoms with Crippen molar-refractivity contribution < 1.29 is 9.59 Å². The molecular formula is C15H25N5O2. The quantitative estimate of drug-likeness (QED) is 0.723. The van der Waals surface area contributed by atoms with E-state index in [1.54, 1.807) is 11.1 Å². The normalized spacial score (nSPS) is 17.5. The zero-order valence-corrected chi connectivity index (χ0v) is 13.2. The molecule has 4 N–H and O–H groups in total. The molecule has 0 saturated carbocycles. The zero-order valence-electron chi connectivity index (χ0n) is 13.2. The fraction of sp³-hybridized carbons (Fsp3) is 0.667. The molecule has 22 heavy (non-hydrogen) atoms. The number of hydrogen-bond acceptors (Lipinski definition) is 4. The third kappa shape index (κ3) is 4.07. The number of nitrogens with zero attached hydrogens (tertiary/aromatic N) is 2. The molecule has 0 aromatic carbocycles. The first kappa shape index (κ1) is 16.5. The minimum atomic E-state index is -0.570. The second-order valence-corrected chi connectivity index (χ2v) is 6.15. The molecule has 0 radical (unpaired) electrons. The van der Waals surface area contributed by atoms with E-state index >= 15 is 0 Å². The van der Waals surface area contributed by atoms with E-state index in [-0.39, 0.29) is 24.3 Å². The van der Waals surface area contributed by atoms with E-state index in [4.69, 9.17) is 5.73 Å². The number of aromatic nitrogens is 2. The van der Waals surface area contributed by atoms with Crippen LogP contribution in [0.3, 0.4) is 0 Å².